The Hall–Kier alpha value is -7.56. The number of nitrogens with two attached hydrogens (primary N) is 2. The molecule has 0 radical (unpaired) electrons. The van der Waals surface area contributed by atoms with Crippen molar-refractivity contribution in [3.05, 3.63) is 134 Å². The molecule has 91 heavy (non-hydrogen) atoms. The SMILES string of the molecule is C[C@@H]1NC(=O)[C@@H]2CCCN2C(=O)CN(Cc2ccc(I)cc2)C(=O)[C@H](Cc2c[nH]c3ccc(F)cc23)NC(=O)CCC(=O)[C@H](CCCCN)NC(=O)CCSCc2cccc(c2)CSC[C@@H](C(N)=O)NC(=O)[C@@H]2CCCN2C(=O)[C@H](Cc2ccc(O)cc2)NC1=O. The Morgan fingerprint density at radius 2 is 1.34 bits per heavy atom. The summed E-state index contributed by atoms with van der Waals surface area (Å²) in [5, 5.41) is 24.5. The first-order valence-electron chi connectivity index (χ1n) is 30.6. The number of carbonyl (C=O) groups excluding carboxylic acids is 10. The summed E-state index contributed by atoms with van der Waals surface area (Å²) in [6.45, 7) is 1.38. The van der Waals surface area contributed by atoms with Crippen LogP contribution in [0.1, 0.15) is 98.9 Å². The normalized spacial score (nSPS) is 23.1. The molecule has 4 aromatic carbocycles. The van der Waals surface area contributed by atoms with E-state index in [0.717, 1.165) is 14.7 Å². The van der Waals surface area contributed by atoms with E-state index >= 15 is 4.79 Å². The molecule has 0 spiro atoms. The zero-order valence-electron chi connectivity index (χ0n) is 50.7. The Balaban J connectivity index is 1.07. The van der Waals surface area contributed by atoms with Gasteiger partial charge < -0.3 is 62.8 Å². The van der Waals surface area contributed by atoms with Gasteiger partial charge in [0, 0.05) is 95.4 Å². The van der Waals surface area contributed by atoms with Crippen LogP contribution in [0, 0.1) is 9.39 Å². The maximum Gasteiger partial charge on any atom is 0.246 e. The smallest absolute Gasteiger partial charge is 0.246 e. The number of aromatic nitrogens is 1. The summed E-state index contributed by atoms with van der Waals surface area (Å²) >= 11 is 5.04. The number of ketones is 1. The molecule has 0 unspecified atom stereocenters. The summed E-state index contributed by atoms with van der Waals surface area (Å²) in [5.74, 6) is -5.12. The fourth-order valence-corrected chi connectivity index (χ4v) is 13.8. The lowest BCUT2D eigenvalue weighted by atomic mass is 10.0. The van der Waals surface area contributed by atoms with E-state index in [0.29, 0.717) is 77.1 Å². The number of fused-ring (bicyclic) bond motifs is 5. The van der Waals surface area contributed by atoms with E-state index in [1.165, 1.54) is 69.4 Å². The number of thioether (sulfide) groups is 2. The van der Waals surface area contributed by atoms with Gasteiger partial charge >= 0.3 is 0 Å². The van der Waals surface area contributed by atoms with E-state index in [9.17, 15) is 52.6 Å². The average molecular weight is 1400 g/mol. The molecule has 0 aliphatic carbocycles. The molecule has 22 nitrogen and oxygen atoms in total. The summed E-state index contributed by atoms with van der Waals surface area (Å²) in [7, 11) is 0. The Kier molecular flexibility index (Phi) is 25.7. The second kappa shape index (κ2) is 33.7. The quantitative estimate of drug-likeness (QED) is 0.0655. The fraction of sp³-hybridized carbons (Fsp3) is 0.446. The zero-order chi connectivity index (χ0) is 65.1. The number of phenols is 1. The van der Waals surface area contributed by atoms with Gasteiger partial charge in [-0.05, 0) is 151 Å². The molecule has 1 aromatic heterocycles. The molecule has 9 amide bonds. The number of carbonyl (C=O) groups is 10. The molecular formula is C65H79FIN11O11S2. The first kappa shape index (κ1) is 69.3. The van der Waals surface area contributed by atoms with Gasteiger partial charge in [-0.15, -0.1) is 0 Å². The second-order valence-corrected chi connectivity index (χ2v) is 26.6. The molecule has 0 saturated carbocycles. The van der Waals surface area contributed by atoms with Crippen molar-refractivity contribution < 1.29 is 57.4 Å². The summed E-state index contributed by atoms with van der Waals surface area (Å²) < 4.78 is 15.7. The molecule has 11 N–H and O–H groups in total. The Morgan fingerprint density at radius 3 is 2.05 bits per heavy atom. The van der Waals surface area contributed by atoms with Gasteiger partial charge in [-0.25, -0.2) is 4.39 Å². The van der Waals surface area contributed by atoms with Gasteiger partial charge in [-0.1, -0.05) is 48.5 Å². The lowest BCUT2D eigenvalue weighted by Crippen LogP contribution is -2.59. The molecule has 486 valence electrons. The number of H-pyrrole nitrogens is 1. The molecule has 7 atom stereocenters. The topological polar surface area (TPSA) is 329 Å². The van der Waals surface area contributed by atoms with Gasteiger partial charge in [0.25, 0.3) is 0 Å². The highest BCUT2D eigenvalue weighted by molar-refractivity contribution is 14.1. The van der Waals surface area contributed by atoms with Crippen LogP contribution in [0.4, 0.5) is 4.39 Å². The number of aromatic hydroxyl groups is 1. The van der Waals surface area contributed by atoms with Crippen LogP contribution in [-0.4, -0.2) is 164 Å². The number of nitrogens with zero attached hydrogens (tertiary/aromatic N) is 3. The Morgan fingerprint density at radius 1 is 0.692 bits per heavy atom. The van der Waals surface area contributed by atoms with Crippen molar-refractivity contribution in [2.45, 2.75) is 144 Å². The van der Waals surface area contributed by atoms with Crippen LogP contribution in [0.15, 0.2) is 97.2 Å². The van der Waals surface area contributed by atoms with E-state index in [2.05, 4.69) is 54.2 Å². The van der Waals surface area contributed by atoms with Crippen LogP contribution in [-0.2, 0) is 78.8 Å². The number of phenolic OH excluding ortho intramolecular Hbond substituents is 1. The third-order valence-corrected chi connectivity index (χ3v) is 19.2. The number of benzene rings is 4. The standard InChI is InChI=1S/C65H79FIN11O11S2/c1-39-61(85)74-51(30-40-14-19-47(79)20-15-40)65(89)78-27-6-11-55(78)63(87)75-53(60(69)84)38-91-37-43-8-4-7-42(29-43)36-90-28-24-58(82)72-50(9-2-3-25-68)56(80)22-23-57(81)73-52(31-44-33-70-49-21-16-45(66)32-48(44)49)64(88)76(34-41-12-17-46(67)18-13-41)35-59(83)77-26-5-10-54(77)62(86)71-39/h4,7-8,12-21,29,32-33,39,50-55,70,79H,2-3,5-6,9-11,22-28,30-31,34-38,68H2,1H3,(H2,69,84)(H,71,86)(H,72,82)(H,73,81)(H,74,85)(H,75,87)/t39-,50-,51-,52-,53-,54-,55-/m0/s1. The van der Waals surface area contributed by atoms with Gasteiger partial charge in [0.2, 0.25) is 53.2 Å². The average Bonchev–Trinajstić information content (AvgIpc) is 1.98. The van der Waals surface area contributed by atoms with E-state index < -0.39 is 108 Å². The zero-order valence-corrected chi connectivity index (χ0v) is 54.5. The molecule has 2 saturated heterocycles. The number of Topliss-reactive ketones (excluding diaryl/α,β-unsaturated/α-hetero) is 1. The van der Waals surface area contributed by atoms with E-state index in [4.69, 9.17) is 11.5 Å². The van der Waals surface area contributed by atoms with Gasteiger partial charge in [-0.3, -0.25) is 47.9 Å². The number of hydrogen-bond acceptors (Lipinski definition) is 14. The molecule has 8 rings (SSSR count). The highest BCUT2D eigenvalue weighted by atomic mass is 127. The van der Waals surface area contributed by atoms with Crippen LogP contribution in [0.2, 0.25) is 0 Å². The van der Waals surface area contributed by atoms with Crippen molar-refractivity contribution in [1.82, 2.24) is 46.3 Å². The van der Waals surface area contributed by atoms with Crippen LogP contribution < -0.4 is 38.1 Å². The van der Waals surface area contributed by atoms with Crippen molar-refractivity contribution >= 4 is 116 Å². The van der Waals surface area contributed by atoms with Crippen LogP contribution in [0.5, 0.6) is 5.75 Å². The molecule has 3 aliphatic heterocycles. The maximum atomic E-state index is 15.3. The van der Waals surface area contributed by atoms with Gasteiger partial charge in [0.1, 0.15) is 54.4 Å². The lowest BCUT2D eigenvalue weighted by molar-refractivity contribution is -0.145. The largest absolute Gasteiger partial charge is 0.508 e. The maximum absolute atomic E-state index is 15.3. The highest BCUT2D eigenvalue weighted by Crippen LogP contribution is 2.26. The first-order valence-corrected chi connectivity index (χ1v) is 34.0. The van der Waals surface area contributed by atoms with E-state index in [1.807, 2.05) is 36.4 Å². The first-order chi connectivity index (χ1) is 43.7. The number of primary amides is 1. The minimum absolute atomic E-state index is 0.0287. The summed E-state index contributed by atoms with van der Waals surface area (Å²) in [5.41, 5.74) is 15.8. The summed E-state index contributed by atoms with van der Waals surface area (Å²) in [6.07, 6.45) is 3.50. The molecule has 26 heteroatoms. The molecule has 4 heterocycles. The molecule has 2 fully saturated rings. The number of aromatic amines is 1. The molecule has 5 aromatic rings. The van der Waals surface area contributed by atoms with Crippen molar-refractivity contribution in [1.29, 1.82) is 0 Å². The second-order valence-electron chi connectivity index (χ2n) is 23.2. The number of hydrogen-bond donors (Lipinski definition) is 9. The number of unbranched alkanes of at least 4 members (excludes halogenated alkanes) is 1. The number of amides is 9. The Bertz CT molecular complexity index is 3430. The minimum atomic E-state index is -1.37. The Labute approximate surface area is 550 Å². The number of halogens is 2. The minimum Gasteiger partial charge on any atom is -0.508 e. The van der Waals surface area contributed by atoms with Gasteiger partial charge in [-0.2, -0.15) is 23.5 Å². The van der Waals surface area contributed by atoms with Crippen LogP contribution in [0.25, 0.3) is 10.9 Å². The fourth-order valence-electron chi connectivity index (χ4n) is 11.5. The molecule has 2 bridgehead atoms. The number of rotatable bonds is 11. The van der Waals surface area contributed by atoms with Crippen LogP contribution in [0.3, 0.4) is 0 Å². The monoisotopic (exact) mass is 1400 g/mol. The third-order valence-electron chi connectivity index (χ3n) is 16.4. The van der Waals surface area contributed by atoms with Crippen molar-refractivity contribution in [3.8, 4) is 5.75 Å². The van der Waals surface area contributed by atoms with E-state index in [1.54, 1.807) is 36.5 Å². The van der Waals surface area contributed by atoms with Crippen molar-refractivity contribution in [2.24, 2.45) is 11.5 Å². The van der Waals surface area contributed by atoms with Gasteiger partial charge in [0.15, 0.2) is 5.78 Å². The van der Waals surface area contributed by atoms with Crippen molar-refractivity contribution in [3.63, 3.8) is 0 Å². The van der Waals surface area contributed by atoms with Crippen LogP contribution >= 0.6 is 46.1 Å². The summed E-state index contributed by atoms with van der Waals surface area (Å²) in [6, 6.07) is 17.2. The van der Waals surface area contributed by atoms with Gasteiger partial charge in [0.05, 0.1) is 6.04 Å². The van der Waals surface area contributed by atoms with Crippen molar-refractivity contribution in [2.75, 3.05) is 37.7 Å². The summed E-state index contributed by atoms with van der Waals surface area (Å²) in [4.78, 5) is 149. The van der Waals surface area contributed by atoms with E-state index in [-0.39, 0.29) is 88.4 Å². The molecule has 3 aliphatic rings. The predicted molar refractivity (Wildman–Crippen MR) is 353 cm³/mol. The predicted octanol–water partition coefficient (Wildman–Crippen LogP) is 4.39. The highest BCUT2D eigenvalue weighted by Gasteiger charge is 2.41. The lowest BCUT2D eigenvalue weighted by Gasteiger charge is -2.32. The molecular weight excluding hydrogens is 1320 g/mol. The third kappa shape index (κ3) is 20.0. The number of nitrogens with one attached hydrogen (secondary N) is 6.